The van der Waals surface area contributed by atoms with Crippen LogP contribution in [0, 0.1) is 0 Å². The van der Waals surface area contributed by atoms with Crippen molar-refractivity contribution in [3.05, 3.63) is 71.8 Å². The summed E-state index contributed by atoms with van der Waals surface area (Å²) in [6.07, 6.45) is 5.01. The molecule has 0 heterocycles. The van der Waals surface area contributed by atoms with Gasteiger partial charge < -0.3 is 0 Å². The molecule has 0 fully saturated rings. The average molecular weight is 309 g/mol. The van der Waals surface area contributed by atoms with Crippen molar-refractivity contribution in [3.8, 4) is 0 Å². The van der Waals surface area contributed by atoms with Crippen molar-refractivity contribution in [2.24, 2.45) is 0 Å². The highest BCUT2D eigenvalue weighted by Crippen LogP contribution is 2.29. The second kappa shape index (κ2) is 8.88. The van der Waals surface area contributed by atoms with Crippen LogP contribution in [0.2, 0.25) is 0 Å². The summed E-state index contributed by atoms with van der Waals surface area (Å²) in [4.78, 5) is 2.67. The van der Waals surface area contributed by atoms with E-state index in [2.05, 4.69) is 86.3 Å². The Bertz CT molecular complexity index is 507. The van der Waals surface area contributed by atoms with Crippen molar-refractivity contribution in [1.82, 2.24) is 4.90 Å². The van der Waals surface area contributed by atoms with Crippen LogP contribution in [0.4, 0.5) is 0 Å². The Morgan fingerprint density at radius 1 is 0.783 bits per heavy atom. The second-order valence-electron chi connectivity index (χ2n) is 6.78. The molecule has 0 amide bonds. The van der Waals surface area contributed by atoms with Gasteiger partial charge in [0, 0.05) is 18.6 Å². The molecule has 0 aliphatic heterocycles. The van der Waals surface area contributed by atoms with Crippen LogP contribution in [0.3, 0.4) is 0 Å². The molecule has 0 spiro atoms. The third kappa shape index (κ3) is 5.21. The van der Waals surface area contributed by atoms with Gasteiger partial charge in [0.05, 0.1) is 0 Å². The van der Waals surface area contributed by atoms with E-state index in [1.165, 1.54) is 36.8 Å². The van der Waals surface area contributed by atoms with Crippen molar-refractivity contribution in [2.75, 3.05) is 0 Å². The molecule has 2 rings (SSSR count). The van der Waals surface area contributed by atoms with Crippen molar-refractivity contribution in [2.45, 2.75) is 65.1 Å². The van der Waals surface area contributed by atoms with E-state index < -0.39 is 0 Å². The van der Waals surface area contributed by atoms with Crippen LogP contribution in [-0.4, -0.2) is 10.4 Å². The predicted molar refractivity (Wildman–Crippen MR) is 100 cm³/mol. The lowest BCUT2D eigenvalue weighted by Gasteiger charge is -2.41. The van der Waals surface area contributed by atoms with Crippen molar-refractivity contribution < 1.29 is 0 Å². The second-order valence-corrected chi connectivity index (χ2v) is 6.78. The summed E-state index contributed by atoms with van der Waals surface area (Å²) < 4.78 is 0. The Balaban J connectivity index is 2.22. The van der Waals surface area contributed by atoms with Gasteiger partial charge >= 0.3 is 0 Å². The minimum Gasteiger partial charge on any atom is -0.289 e. The normalized spacial score (nSPS) is 13.9. The molecule has 0 N–H and O–H groups in total. The number of benzene rings is 2. The number of nitrogens with zero attached hydrogens (tertiary/aromatic N) is 1. The molecular weight excluding hydrogens is 278 g/mol. The SMILES string of the molecule is CCCCC(C)(CC)N(Cc1ccccc1)Cc1ccccc1. The van der Waals surface area contributed by atoms with Gasteiger partial charge in [0.1, 0.15) is 0 Å². The molecule has 0 aliphatic rings. The van der Waals surface area contributed by atoms with Gasteiger partial charge in [0.25, 0.3) is 0 Å². The number of rotatable bonds is 9. The Hall–Kier alpha value is -1.60. The maximum Gasteiger partial charge on any atom is 0.0242 e. The average Bonchev–Trinajstić information content (AvgIpc) is 2.61. The first-order chi connectivity index (χ1) is 11.2. The molecule has 1 nitrogen and oxygen atoms in total. The van der Waals surface area contributed by atoms with Gasteiger partial charge in [-0.2, -0.15) is 0 Å². The molecule has 23 heavy (non-hydrogen) atoms. The van der Waals surface area contributed by atoms with Crippen LogP contribution in [0.15, 0.2) is 60.7 Å². The molecule has 124 valence electrons. The topological polar surface area (TPSA) is 3.24 Å². The summed E-state index contributed by atoms with van der Waals surface area (Å²) in [6.45, 7) is 9.09. The number of hydrogen-bond donors (Lipinski definition) is 0. The van der Waals surface area contributed by atoms with E-state index in [1.807, 2.05) is 0 Å². The van der Waals surface area contributed by atoms with Crippen molar-refractivity contribution in [1.29, 1.82) is 0 Å². The van der Waals surface area contributed by atoms with E-state index in [-0.39, 0.29) is 5.54 Å². The first-order valence-electron chi connectivity index (χ1n) is 9.01. The molecule has 1 atom stereocenters. The lowest BCUT2D eigenvalue weighted by molar-refractivity contribution is 0.0710. The first-order valence-corrected chi connectivity index (χ1v) is 9.01. The van der Waals surface area contributed by atoms with Crippen LogP contribution in [0.1, 0.15) is 57.6 Å². The smallest absolute Gasteiger partial charge is 0.0242 e. The highest BCUT2D eigenvalue weighted by Gasteiger charge is 2.29. The molecule has 0 saturated heterocycles. The number of unbranched alkanes of at least 4 members (excludes halogenated alkanes) is 1. The molecule has 0 saturated carbocycles. The molecule has 0 aromatic heterocycles. The monoisotopic (exact) mass is 309 g/mol. The van der Waals surface area contributed by atoms with E-state index >= 15 is 0 Å². The Labute approximate surface area is 142 Å². The molecule has 2 aromatic carbocycles. The van der Waals surface area contributed by atoms with E-state index in [1.54, 1.807) is 0 Å². The van der Waals surface area contributed by atoms with Crippen molar-refractivity contribution >= 4 is 0 Å². The van der Waals surface area contributed by atoms with Gasteiger partial charge in [-0.3, -0.25) is 4.90 Å². The fourth-order valence-corrected chi connectivity index (χ4v) is 3.16. The summed E-state index contributed by atoms with van der Waals surface area (Å²) in [5, 5.41) is 0. The van der Waals surface area contributed by atoms with E-state index in [0.29, 0.717) is 0 Å². The summed E-state index contributed by atoms with van der Waals surface area (Å²) >= 11 is 0. The maximum absolute atomic E-state index is 2.67. The molecule has 0 bridgehead atoms. The molecular formula is C22H31N. The van der Waals surface area contributed by atoms with Gasteiger partial charge in [-0.1, -0.05) is 87.4 Å². The van der Waals surface area contributed by atoms with Crippen LogP contribution >= 0.6 is 0 Å². The fraction of sp³-hybridized carbons (Fsp3) is 0.455. The number of hydrogen-bond acceptors (Lipinski definition) is 1. The first kappa shape index (κ1) is 17.7. The fourth-order valence-electron chi connectivity index (χ4n) is 3.16. The molecule has 0 aliphatic carbocycles. The molecule has 0 radical (unpaired) electrons. The van der Waals surface area contributed by atoms with Crippen LogP contribution in [0.25, 0.3) is 0 Å². The Morgan fingerprint density at radius 2 is 1.26 bits per heavy atom. The van der Waals surface area contributed by atoms with E-state index in [9.17, 15) is 0 Å². The molecule has 1 heteroatoms. The lowest BCUT2D eigenvalue weighted by atomic mass is 9.88. The quantitative estimate of drug-likeness (QED) is 0.545. The van der Waals surface area contributed by atoms with Crippen LogP contribution in [0.5, 0.6) is 0 Å². The van der Waals surface area contributed by atoms with Crippen LogP contribution < -0.4 is 0 Å². The summed E-state index contributed by atoms with van der Waals surface area (Å²) in [6, 6.07) is 21.7. The van der Waals surface area contributed by atoms with E-state index in [0.717, 1.165) is 13.1 Å². The zero-order chi connectivity index (χ0) is 16.5. The Kier molecular flexibility index (Phi) is 6.85. The highest BCUT2D eigenvalue weighted by atomic mass is 15.2. The van der Waals surface area contributed by atoms with Gasteiger partial charge in [-0.15, -0.1) is 0 Å². The Morgan fingerprint density at radius 3 is 1.65 bits per heavy atom. The lowest BCUT2D eigenvalue weighted by Crippen LogP contribution is -2.45. The third-order valence-electron chi connectivity index (χ3n) is 5.03. The standard InChI is InChI=1S/C22H31N/c1-4-6-17-22(3,5-2)23(18-20-13-9-7-10-14-20)19-21-15-11-8-12-16-21/h7-16H,4-6,17-19H2,1-3H3. The third-order valence-corrected chi connectivity index (χ3v) is 5.03. The summed E-state index contributed by atoms with van der Waals surface area (Å²) in [5.41, 5.74) is 3.06. The zero-order valence-electron chi connectivity index (χ0n) is 15.0. The largest absolute Gasteiger partial charge is 0.289 e. The molecule has 1 unspecified atom stereocenters. The van der Waals surface area contributed by atoms with Crippen molar-refractivity contribution in [3.63, 3.8) is 0 Å². The predicted octanol–water partition coefficient (Wildman–Crippen LogP) is 6.05. The highest BCUT2D eigenvalue weighted by molar-refractivity contribution is 5.18. The van der Waals surface area contributed by atoms with Gasteiger partial charge in [0.15, 0.2) is 0 Å². The van der Waals surface area contributed by atoms with Gasteiger partial charge in [0.2, 0.25) is 0 Å². The van der Waals surface area contributed by atoms with Gasteiger partial charge in [-0.25, -0.2) is 0 Å². The maximum atomic E-state index is 2.67. The summed E-state index contributed by atoms with van der Waals surface area (Å²) in [7, 11) is 0. The van der Waals surface area contributed by atoms with Crippen LogP contribution in [-0.2, 0) is 13.1 Å². The minimum atomic E-state index is 0.252. The molecule has 2 aromatic rings. The zero-order valence-corrected chi connectivity index (χ0v) is 15.0. The minimum absolute atomic E-state index is 0.252. The van der Waals surface area contributed by atoms with E-state index in [4.69, 9.17) is 0 Å². The summed E-state index contributed by atoms with van der Waals surface area (Å²) in [5.74, 6) is 0. The van der Waals surface area contributed by atoms with Gasteiger partial charge in [-0.05, 0) is 30.9 Å².